The number of benzene rings is 1. The van der Waals surface area contributed by atoms with Crippen molar-refractivity contribution in [3.63, 3.8) is 0 Å². The summed E-state index contributed by atoms with van der Waals surface area (Å²) in [5, 5.41) is 0.440. The molecule has 0 spiro atoms. The maximum Gasteiger partial charge on any atom is 0.418 e. The van der Waals surface area contributed by atoms with Gasteiger partial charge in [-0.25, -0.2) is 0 Å². The first-order valence-corrected chi connectivity index (χ1v) is 6.92. The predicted molar refractivity (Wildman–Crippen MR) is 78.5 cm³/mol. The minimum atomic E-state index is -4.46. The van der Waals surface area contributed by atoms with Crippen LogP contribution in [-0.2, 0) is 6.18 Å². The second kappa shape index (κ2) is 5.16. The molecule has 2 nitrogen and oxygen atoms in total. The van der Waals surface area contributed by atoms with Gasteiger partial charge in [-0.05, 0) is 30.3 Å². The van der Waals surface area contributed by atoms with Crippen molar-refractivity contribution in [3.8, 4) is 11.3 Å². The van der Waals surface area contributed by atoms with E-state index in [0.29, 0.717) is 16.7 Å². The van der Waals surface area contributed by atoms with Crippen molar-refractivity contribution in [2.24, 2.45) is 0 Å². The number of fused-ring (bicyclic) bond motifs is 1. The number of pyridine rings is 1. The molecular formula is C17H14F3NO. The van der Waals surface area contributed by atoms with E-state index in [9.17, 15) is 13.2 Å². The van der Waals surface area contributed by atoms with Gasteiger partial charge in [-0.1, -0.05) is 19.9 Å². The Morgan fingerprint density at radius 1 is 1.09 bits per heavy atom. The van der Waals surface area contributed by atoms with E-state index in [1.165, 1.54) is 6.20 Å². The molecule has 0 atom stereocenters. The molecule has 3 rings (SSSR count). The molecule has 0 amide bonds. The van der Waals surface area contributed by atoms with Gasteiger partial charge in [0.1, 0.15) is 11.5 Å². The SMILES string of the molecule is CC(C)c1ccc(-c2cc(C(F)(F)F)c3ncccc3c2)o1. The summed E-state index contributed by atoms with van der Waals surface area (Å²) in [6.07, 6.45) is -3.10. The molecule has 0 fully saturated rings. The normalized spacial score (nSPS) is 12.3. The highest BCUT2D eigenvalue weighted by molar-refractivity contribution is 5.87. The van der Waals surface area contributed by atoms with Gasteiger partial charge in [0.05, 0.1) is 11.1 Å². The minimum absolute atomic E-state index is 0.0469. The van der Waals surface area contributed by atoms with Crippen LogP contribution in [0.25, 0.3) is 22.2 Å². The Morgan fingerprint density at radius 3 is 2.50 bits per heavy atom. The lowest BCUT2D eigenvalue weighted by atomic mass is 10.0. The van der Waals surface area contributed by atoms with Gasteiger partial charge in [0, 0.05) is 23.1 Å². The van der Waals surface area contributed by atoms with E-state index in [2.05, 4.69) is 4.98 Å². The number of halogens is 3. The maximum atomic E-state index is 13.3. The number of nitrogens with zero attached hydrogens (tertiary/aromatic N) is 1. The minimum Gasteiger partial charge on any atom is -0.461 e. The number of aromatic nitrogens is 1. The fraction of sp³-hybridized carbons (Fsp3) is 0.235. The Kier molecular flexibility index (Phi) is 3.43. The van der Waals surface area contributed by atoms with Crippen LogP contribution in [0.1, 0.15) is 31.1 Å². The molecule has 3 aromatic rings. The largest absolute Gasteiger partial charge is 0.461 e. The Morgan fingerprint density at radius 2 is 1.86 bits per heavy atom. The van der Waals surface area contributed by atoms with Crippen LogP contribution in [-0.4, -0.2) is 4.98 Å². The average molecular weight is 305 g/mol. The lowest BCUT2D eigenvalue weighted by Crippen LogP contribution is -2.07. The van der Waals surface area contributed by atoms with E-state index in [-0.39, 0.29) is 11.4 Å². The van der Waals surface area contributed by atoms with E-state index in [1.54, 1.807) is 30.3 Å². The fourth-order valence-electron chi connectivity index (χ4n) is 2.37. The van der Waals surface area contributed by atoms with Crippen molar-refractivity contribution < 1.29 is 17.6 Å². The molecule has 0 radical (unpaired) electrons. The van der Waals surface area contributed by atoms with E-state index in [1.807, 2.05) is 13.8 Å². The highest BCUT2D eigenvalue weighted by atomic mass is 19.4. The van der Waals surface area contributed by atoms with Crippen molar-refractivity contribution in [2.45, 2.75) is 25.9 Å². The van der Waals surface area contributed by atoms with Crippen molar-refractivity contribution in [3.05, 3.63) is 53.9 Å². The third kappa shape index (κ3) is 2.58. The van der Waals surface area contributed by atoms with Crippen molar-refractivity contribution in [1.29, 1.82) is 0 Å². The quantitative estimate of drug-likeness (QED) is 0.612. The standard InChI is InChI=1S/C17H14F3NO/c1-10(2)14-5-6-15(22-14)12-8-11-4-3-7-21-16(11)13(9-12)17(18,19)20/h3-10H,1-2H3. The zero-order valence-electron chi connectivity index (χ0n) is 12.1. The summed E-state index contributed by atoms with van der Waals surface area (Å²) in [6, 6.07) is 9.49. The van der Waals surface area contributed by atoms with Crippen LogP contribution < -0.4 is 0 Å². The Hall–Kier alpha value is -2.30. The van der Waals surface area contributed by atoms with Gasteiger partial charge in [0.2, 0.25) is 0 Å². The topological polar surface area (TPSA) is 26.0 Å². The van der Waals surface area contributed by atoms with Gasteiger partial charge in [0.25, 0.3) is 0 Å². The van der Waals surface area contributed by atoms with Crippen LogP contribution in [0.5, 0.6) is 0 Å². The first kappa shape index (κ1) is 14.6. The molecule has 2 heterocycles. The molecule has 0 aliphatic carbocycles. The number of furan rings is 1. The Labute approximate surface area is 125 Å². The van der Waals surface area contributed by atoms with E-state index < -0.39 is 11.7 Å². The van der Waals surface area contributed by atoms with E-state index in [0.717, 1.165) is 11.8 Å². The fourth-order valence-corrected chi connectivity index (χ4v) is 2.37. The molecular weight excluding hydrogens is 291 g/mol. The zero-order valence-corrected chi connectivity index (χ0v) is 12.1. The lowest BCUT2D eigenvalue weighted by Gasteiger charge is -2.11. The van der Waals surface area contributed by atoms with Gasteiger partial charge < -0.3 is 4.42 Å². The van der Waals surface area contributed by atoms with Crippen LogP contribution in [0.3, 0.4) is 0 Å². The molecule has 2 aromatic heterocycles. The van der Waals surface area contributed by atoms with E-state index >= 15 is 0 Å². The summed E-state index contributed by atoms with van der Waals surface area (Å²) in [5.74, 6) is 1.35. The summed E-state index contributed by atoms with van der Waals surface area (Å²) < 4.78 is 45.5. The molecule has 0 N–H and O–H groups in total. The van der Waals surface area contributed by atoms with Gasteiger partial charge in [-0.15, -0.1) is 0 Å². The predicted octanol–water partition coefficient (Wildman–Crippen LogP) is 5.64. The first-order valence-electron chi connectivity index (χ1n) is 6.92. The number of hydrogen-bond acceptors (Lipinski definition) is 2. The van der Waals surface area contributed by atoms with Gasteiger partial charge >= 0.3 is 6.18 Å². The summed E-state index contributed by atoms with van der Waals surface area (Å²) >= 11 is 0. The van der Waals surface area contributed by atoms with Gasteiger partial charge in [-0.3, -0.25) is 4.98 Å². The number of rotatable bonds is 2. The highest BCUT2D eigenvalue weighted by Crippen LogP contribution is 2.37. The van der Waals surface area contributed by atoms with Gasteiger partial charge in [0.15, 0.2) is 0 Å². The summed E-state index contributed by atoms with van der Waals surface area (Å²) in [5.41, 5.74) is -0.391. The van der Waals surface area contributed by atoms with Crippen LogP contribution >= 0.6 is 0 Å². The monoisotopic (exact) mass is 305 g/mol. The maximum absolute atomic E-state index is 13.3. The van der Waals surface area contributed by atoms with Gasteiger partial charge in [-0.2, -0.15) is 13.2 Å². The van der Waals surface area contributed by atoms with Crippen molar-refractivity contribution in [1.82, 2.24) is 4.98 Å². The molecule has 114 valence electrons. The number of hydrogen-bond donors (Lipinski definition) is 0. The first-order chi connectivity index (χ1) is 10.4. The van der Waals surface area contributed by atoms with Crippen LogP contribution in [0, 0.1) is 0 Å². The molecule has 22 heavy (non-hydrogen) atoms. The summed E-state index contributed by atoms with van der Waals surface area (Å²) in [6.45, 7) is 3.93. The number of alkyl halides is 3. The average Bonchev–Trinajstić information content (AvgIpc) is 2.95. The molecule has 0 saturated carbocycles. The Balaban J connectivity index is 2.22. The summed E-state index contributed by atoms with van der Waals surface area (Å²) in [4.78, 5) is 3.87. The molecule has 5 heteroatoms. The second-order valence-corrected chi connectivity index (χ2v) is 5.45. The van der Waals surface area contributed by atoms with Crippen LogP contribution in [0.4, 0.5) is 13.2 Å². The molecule has 0 saturated heterocycles. The summed E-state index contributed by atoms with van der Waals surface area (Å²) in [7, 11) is 0. The lowest BCUT2D eigenvalue weighted by molar-refractivity contribution is -0.136. The third-order valence-electron chi connectivity index (χ3n) is 3.49. The molecule has 0 aliphatic rings. The van der Waals surface area contributed by atoms with Crippen LogP contribution in [0.2, 0.25) is 0 Å². The highest BCUT2D eigenvalue weighted by Gasteiger charge is 2.34. The van der Waals surface area contributed by atoms with Crippen LogP contribution in [0.15, 0.2) is 47.0 Å². The third-order valence-corrected chi connectivity index (χ3v) is 3.49. The molecule has 0 bridgehead atoms. The molecule has 1 aromatic carbocycles. The van der Waals surface area contributed by atoms with E-state index in [4.69, 9.17) is 4.42 Å². The smallest absolute Gasteiger partial charge is 0.418 e. The Bertz CT molecular complexity index is 818. The molecule has 0 unspecified atom stereocenters. The second-order valence-electron chi connectivity index (χ2n) is 5.45. The van der Waals surface area contributed by atoms with Crippen molar-refractivity contribution >= 4 is 10.9 Å². The molecule has 0 aliphatic heterocycles. The zero-order chi connectivity index (χ0) is 15.9. The van der Waals surface area contributed by atoms with Crippen molar-refractivity contribution in [2.75, 3.05) is 0 Å².